The van der Waals surface area contributed by atoms with Crippen LogP contribution in [0.4, 0.5) is 5.69 Å². The SMILES string of the molecule is C[C@@H](Sc1ncccn1)C(=O)Nc1ccc2ccccc2c1. The van der Waals surface area contributed by atoms with Crippen molar-refractivity contribution in [2.24, 2.45) is 0 Å². The average molecular weight is 309 g/mol. The highest BCUT2D eigenvalue weighted by molar-refractivity contribution is 8.00. The summed E-state index contributed by atoms with van der Waals surface area (Å²) in [4.78, 5) is 20.5. The lowest BCUT2D eigenvalue weighted by atomic mass is 10.1. The molecule has 110 valence electrons. The summed E-state index contributed by atoms with van der Waals surface area (Å²) >= 11 is 1.34. The fraction of sp³-hybridized carbons (Fsp3) is 0.118. The molecule has 22 heavy (non-hydrogen) atoms. The minimum atomic E-state index is -0.270. The average Bonchev–Trinajstić information content (AvgIpc) is 2.55. The van der Waals surface area contributed by atoms with Crippen LogP contribution in [0.2, 0.25) is 0 Å². The zero-order valence-electron chi connectivity index (χ0n) is 12.1. The van der Waals surface area contributed by atoms with Gasteiger partial charge in [-0.3, -0.25) is 4.79 Å². The molecule has 1 aromatic heterocycles. The van der Waals surface area contributed by atoms with E-state index >= 15 is 0 Å². The summed E-state index contributed by atoms with van der Waals surface area (Å²) in [5.74, 6) is -0.0623. The maximum absolute atomic E-state index is 12.3. The van der Waals surface area contributed by atoms with E-state index in [4.69, 9.17) is 0 Å². The van der Waals surface area contributed by atoms with E-state index in [-0.39, 0.29) is 11.2 Å². The van der Waals surface area contributed by atoms with Crippen molar-refractivity contribution in [1.82, 2.24) is 9.97 Å². The Morgan fingerprint density at radius 2 is 1.77 bits per heavy atom. The quantitative estimate of drug-likeness (QED) is 0.589. The predicted octanol–water partition coefficient (Wildman–Crippen LogP) is 3.75. The number of fused-ring (bicyclic) bond motifs is 1. The Morgan fingerprint density at radius 3 is 2.55 bits per heavy atom. The Balaban J connectivity index is 1.69. The molecule has 0 saturated carbocycles. The first-order valence-corrected chi connectivity index (χ1v) is 7.84. The van der Waals surface area contributed by atoms with Crippen LogP contribution in [0.15, 0.2) is 66.1 Å². The van der Waals surface area contributed by atoms with E-state index in [1.165, 1.54) is 11.8 Å². The molecule has 3 aromatic rings. The van der Waals surface area contributed by atoms with Gasteiger partial charge >= 0.3 is 0 Å². The van der Waals surface area contributed by atoms with Gasteiger partial charge in [0.2, 0.25) is 5.91 Å². The molecule has 3 rings (SSSR count). The van der Waals surface area contributed by atoms with Crippen molar-refractivity contribution in [3.8, 4) is 0 Å². The fourth-order valence-electron chi connectivity index (χ4n) is 2.07. The van der Waals surface area contributed by atoms with Gasteiger partial charge in [0.05, 0.1) is 5.25 Å². The van der Waals surface area contributed by atoms with E-state index in [1.807, 2.05) is 49.4 Å². The number of nitrogens with one attached hydrogen (secondary N) is 1. The lowest BCUT2D eigenvalue weighted by Crippen LogP contribution is -2.22. The summed E-state index contributed by atoms with van der Waals surface area (Å²) in [6, 6.07) is 15.7. The van der Waals surface area contributed by atoms with Crippen molar-refractivity contribution in [2.45, 2.75) is 17.3 Å². The standard InChI is InChI=1S/C17H15N3OS/c1-12(22-17-18-9-4-10-19-17)16(21)20-15-8-7-13-5-2-3-6-14(13)11-15/h2-12H,1H3,(H,20,21)/t12-/m1/s1. The minimum absolute atomic E-state index is 0.0623. The number of rotatable bonds is 4. The van der Waals surface area contributed by atoms with Gasteiger partial charge in [0, 0.05) is 18.1 Å². The molecule has 0 saturated heterocycles. The van der Waals surface area contributed by atoms with Gasteiger partial charge in [0.1, 0.15) is 0 Å². The molecule has 1 N–H and O–H groups in total. The van der Waals surface area contributed by atoms with Gasteiger partial charge in [0.15, 0.2) is 5.16 Å². The number of thioether (sulfide) groups is 1. The minimum Gasteiger partial charge on any atom is -0.325 e. The largest absolute Gasteiger partial charge is 0.325 e. The third-order valence-corrected chi connectivity index (χ3v) is 4.20. The van der Waals surface area contributed by atoms with Gasteiger partial charge in [-0.2, -0.15) is 0 Å². The molecular weight excluding hydrogens is 294 g/mol. The number of anilines is 1. The molecule has 5 heteroatoms. The number of hydrogen-bond acceptors (Lipinski definition) is 4. The highest BCUT2D eigenvalue weighted by Crippen LogP contribution is 2.22. The van der Waals surface area contributed by atoms with Crippen LogP contribution in [0.1, 0.15) is 6.92 Å². The Morgan fingerprint density at radius 1 is 1.05 bits per heavy atom. The molecule has 0 radical (unpaired) electrons. The van der Waals surface area contributed by atoms with Crippen LogP contribution in [-0.2, 0) is 4.79 Å². The molecule has 1 atom stereocenters. The smallest absolute Gasteiger partial charge is 0.237 e. The zero-order chi connectivity index (χ0) is 15.4. The Hall–Kier alpha value is -2.40. The molecule has 1 heterocycles. The maximum Gasteiger partial charge on any atom is 0.237 e. The molecule has 0 unspecified atom stereocenters. The van der Waals surface area contributed by atoms with Gasteiger partial charge in [-0.15, -0.1) is 0 Å². The topological polar surface area (TPSA) is 54.9 Å². The van der Waals surface area contributed by atoms with E-state index < -0.39 is 0 Å². The van der Waals surface area contributed by atoms with Crippen molar-refractivity contribution in [1.29, 1.82) is 0 Å². The Bertz CT molecular complexity index is 792. The lowest BCUT2D eigenvalue weighted by Gasteiger charge is -2.11. The first-order chi connectivity index (χ1) is 10.7. The molecule has 0 aliphatic carbocycles. The molecule has 4 nitrogen and oxygen atoms in total. The van der Waals surface area contributed by atoms with Gasteiger partial charge in [0.25, 0.3) is 0 Å². The van der Waals surface area contributed by atoms with Crippen molar-refractivity contribution < 1.29 is 4.79 Å². The van der Waals surface area contributed by atoms with Gasteiger partial charge in [-0.05, 0) is 35.9 Å². The van der Waals surface area contributed by atoms with Crippen LogP contribution < -0.4 is 5.32 Å². The number of carbonyl (C=O) groups excluding carboxylic acids is 1. The maximum atomic E-state index is 12.3. The normalized spacial score (nSPS) is 12.0. The van der Waals surface area contributed by atoms with Crippen molar-refractivity contribution >= 4 is 34.1 Å². The number of amides is 1. The van der Waals surface area contributed by atoms with Crippen LogP contribution in [0, 0.1) is 0 Å². The lowest BCUT2D eigenvalue weighted by molar-refractivity contribution is -0.115. The van der Waals surface area contributed by atoms with E-state index in [0.717, 1.165) is 16.5 Å². The van der Waals surface area contributed by atoms with Crippen LogP contribution >= 0.6 is 11.8 Å². The highest BCUT2D eigenvalue weighted by atomic mass is 32.2. The van der Waals surface area contributed by atoms with Crippen LogP contribution in [0.5, 0.6) is 0 Å². The molecule has 2 aromatic carbocycles. The van der Waals surface area contributed by atoms with Crippen LogP contribution in [-0.4, -0.2) is 21.1 Å². The summed E-state index contributed by atoms with van der Waals surface area (Å²) in [6.45, 7) is 1.84. The Labute approximate surface area is 133 Å². The van der Waals surface area contributed by atoms with Crippen molar-refractivity contribution in [3.63, 3.8) is 0 Å². The van der Waals surface area contributed by atoms with E-state index in [0.29, 0.717) is 5.16 Å². The monoisotopic (exact) mass is 309 g/mol. The molecule has 0 aliphatic heterocycles. The molecule has 1 amide bonds. The summed E-state index contributed by atoms with van der Waals surface area (Å²) in [7, 11) is 0. The zero-order valence-corrected chi connectivity index (χ0v) is 12.9. The molecule has 0 fully saturated rings. The summed E-state index contributed by atoms with van der Waals surface area (Å²) in [6.07, 6.45) is 3.34. The van der Waals surface area contributed by atoms with Gasteiger partial charge < -0.3 is 5.32 Å². The molecule has 0 bridgehead atoms. The van der Waals surface area contributed by atoms with Crippen molar-refractivity contribution in [2.75, 3.05) is 5.32 Å². The van der Waals surface area contributed by atoms with E-state index in [9.17, 15) is 4.79 Å². The third kappa shape index (κ3) is 3.43. The van der Waals surface area contributed by atoms with Crippen LogP contribution in [0.3, 0.4) is 0 Å². The number of hydrogen-bond donors (Lipinski definition) is 1. The number of carbonyl (C=O) groups is 1. The van der Waals surface area contributed by atoms with Crippen LogP contribution in [0.25, 0.3) is 10.8 Å². The number of aromatic nitrogens is 2. The van der Waals surface area contributed by atoms with E-state index in [1.54, 1.807) is 18.5 Å². The molecular formula is C17H15N3OS. The first kappa shape index (κ1) is 14.5. The second-order valence-corrected chi connectivity index (χ2v) is 6.15. The Kier molecular flexibility index (Phi) is 4.34. The summed E-state index contributed by atoms with van der Waals surface area (Å²) in [5.41, 5.74) is 0.796. The van der Waals surface area contributed by atoms with Gasteiger partial charge in [-0.1, -0.05) is 42.1 Å². The van der Waals surface area contributed by atoms with Gasteiger partial charge in [-0.25, -0.2) is 9.97 Å². The second-order valence-electron chi connectivity index (χ2n) is 4.84. The second kappa shape index (κ2) is 6.58. The molecule has 0 aliphatic rings. The van der Waals surface area contributed by atoms with E-state index in [2.05, 4.69) is 15.3 Å². The number of benzene rings is 2. The number of nitrogens with zero attached hydrogens (tertiary/aromatic N) is 2. The highest BCUT2D eigenvalue weighted by Gasteiger charge is 2.15. The predicted molar refractivity (Wildman–Crippen MR) is 89.9 cm³/mol. The first-order valence-electron chi connectivity index (χ1n) is 6.96. The fourth-order valence-corrected chi connectivity index (χ4v) is 2.79. The summed E-state index contributed by atoms with van der Waals surface area (Å²) in [5, 5.41) is 5.53. The molecule has 0 spiro atoms. The van der Waals surface area contributed by atoms with Crippen molar-refractivity contribution in [3.05, 3.63) is 60.9 Å². The third-order valence-electron chi connectivity index (χ3n) is 3.21. The summed E-state index contributed by atoms with van der Waals surface area (Å²) < 4.78 is 0.